The highest BCUT2D eigenvalue weighted by Gasteiger charge is 2.59. The van der Waals surface area contributed by atoms with Gasteiger partial charge in [-0.1, -0.05) is 40.8 Å². The lowest BCUT2D eigenvalue weighted by molar-refractivity contribution is -0.163. The molecule has 0 radical (unpaired) electrons. The van der Waals surface area contributed by atoms with Crippen LogP contribution in [0.1, 0.15) is 39.0 Å². The van der Waals surface area contributed by atoms with Crippen molar-refractivity contribution < 1.29 is 14.7 Å². The summed E-state index contributed by atoms with van der Waals surface area (Å²) in [4.78, 5) is 28.9. The molecule has 5 nitrogen and oxygen atoms in total. The van der Waals surface area contributed by atoms with E-state index in [1.807, 2.05) is 19.1 Å². The number of nitrogens with zero attached hydrogens (tertiary/aromatic N) is 2. The van der Waals surface area contributed by atoms with E-state index in [9.17, 15) is 14.7 Å². The fourth-order valence-electron chi connectivity index (χ4n) is 3.12. The molecule has 1 N–H and O–H groups in total. The molecule has 1 aromatic rings. The van der Waals surface area contributed by atoms with Crippen LogP contribution in [0.5, 0.6) is 0 Å². The summed E-state index contributed by atoms with van der Waals surface area (Å²) in [5.41, 5.74) is 1.95. The van der Waals surface area contributed by atoms with Crippen LogP contribution in [0.4, 0.5) is 0 Å². The van der Waals surface area contributed by atoms with E-state index in [1.165, 1.54) is 0 Å². The van der Waals surface area contributed by atoms with Gasteiger partial charge in [-0.2, -0.15) is 0 Å². The molecule has 132 valence electrons. The van der Waals surface area contributed by atoms with Gasteiger partial charge in [0, 0.05) is 11.9 Å². The number of rotatable bonds is 5. The van der Waals surface area contributed by atoms with Crippen LogP contribution in [0.2, 0.25) is 18.1 Å². The van der Waals surface area contributed by atoms with Gasteiger partial charge >= 0.3 is 5.97 Å². The molecule has 1 amide bonds. The highest BCUT2D eigenvalue weighted by atomic mass is 28.3. The summed E-state index contributed by atoms with van der Waals surface area (Å²) in [5, 5.41) is 9.64. The zero-order chi connectivity index (χ0) is 18.3. The van der Waals surface area contributed by atoms with Gasteiger partial charge in [-0.3, -0.25) is 9.78 Å². The van der Waals surface area contributed by atoms with Gasteiger partial charge in [-0.15, -0.1) is 0 Å². The van der Waals surface area contributed by atoms with Crippen molar-refractivity contribution in [3.63, 3.8) is 0 Å². The quantitative estimate of drug-likeness (QED) is 0.656. The minimum absolute atomic E-state index is 0.0103. The van der Waals surface area contributed by atoms with E-state index in [0.29, 0.717) is 6.42 Å². The lowest BCUT2D eigenvalue weighted by atomic mass is 9.84. The summed E-state index contributed by atoms with van der Waals surface area (Å²) < 4.78 is 1.70. The minimum Gasteiger partial charge on any atom is -0.480 e. The van der Waals surface area contributed by atoms with Crippen molar-refractivity contribution in [2.24, 2.45) is 5.92 Å². The maximum Gasteiger partial charge on any atom is 0.326 e. The first kappa shape index (κ1) is 18.6. The molecule has 1 aromatic heterocycles. The van der Waals surface area contributed by atoms with Crippen molar-refractivity contribution >= 4 is 20.1 Å². The molecular weight excluding hydrogens is 320 g/mol. The van der Waals surface area contributed by atoms with Gasteiger partial charge in [0.05, 0.1) is 5.92 Å². The molecule has 0 aromatic carbocycles. The molecule has 1 saturated heterocycles. The molecule has 2 heterocycles. The number of hydrogen-bond donors (Lipinski definition) is 1. The van der Waals surface area contributed by atoms with Gasteiger partial charge < -0.3 is 9.67 Å². The standard InChI is InChI=1S/C18H28N2O3Si/c1-7-13-10-12(8-9-19-13)11-14-15(17(22)23)20(16(14)21)24(5,6)18(2,3)4/h8-10,14-15H,7,11H2,1-6H3,(H,22,23)/t14-,15+/m1/s1. The Kier molecular flexibility index (Phi) is 4.90. The number of aryl methyl sites for hydroxylation is 1. The second-order valence-corrected chi connectivity index (χ2v) is 13.2. The van der Waals surface area contributed by atoms with Crippen molar-refractivity contribution in [2.45, 2.75) is 64.7 Å². The summed E-state index contributed by atoms with van der Waals surface area (Å²) in [7, 11) is -2.20. The van der Waals surface area contributed by atoms with E-state index in [1.54, 1.807) is 10.8 Å². The Labute approximate surface area is 145 Å². The summed E-state index contributed by atoms with van der Waals surface area (Å²) in [6.45, 7) is 12.5. The fourth-order valence-corrected chi connectivity index (χ4v) is 5.54. The average Bonchev–Trinajstić information content (AvgIpc) is 2.48. The van der Waals surface area contributed by atoms with Gasteiger partial charge in [0.1, 0.15) is 6.04 Å². The molecule has 0 bridgehead atoms. The molecule has 6 heteroatoms. The first-order chi connectivity index (χ1) is 11.0. The normalized spacial score (nSPS) is 21.6. The number of amides is 1. The predicted molar refractivity (Wildman–Crippen MR) is 96.3 cm³/mol. The molecule has 1 aliphatic rings. The van der Waals surface area contributed by atoms with Gasteiger partial charge in [-0.25, -0.2) is 4.79 Å². The second kappa shape index (κ2) is 6.31. The van der Waals surface area contributed by atoms with Crippen LogP contribution in [0.3, 0.4) is 0 Å². The van der Waals surface area contributed by atoms with Crippen LogP contribution >= 0.6 is 0 Å². The van der Waals surface area contributed by atoms with Gasteiger partial charge in [0.15, 0.2) is 8.24 Å². The largest absolute Gasteiger partial charge is 0.480 e. The predicted octanol–water partition coefficient (Wildman–Crippen LogP) is 3.10. The van der Waals surface area contributed by atoms with Crippen LogP contribution in [-0.4, -0.2) is 40.8 Å². The summed E-state index contributed by atoms with van der Waals surface area (Å²) >= 11 is 0. The first-order valence-corrected chi connectivity index (χ1v) is 11.4. The molecule has 2 atom stereocenters. The Morgan fingerprint density at radius 2 is 2.00 bits per heavy atom. The average molecular weight is 349 g/mol. The van der Waals surface area contributed by atoms with Crippen molar-refractivity contribution in [3.05, 3.63) is 29.6 Å². The number of aliphatic carboxylic acids is 1. The van der Waals surface area contributed by atoms with E-state index in [-0.39, 0.29) is 10.9 Å². The molecule has 0 saturated carbocycles. The summed E-state index contributed by atoms with van der Waals surface area (Å²) in [6, 6.07) is 3.14. The van der Waals surface area contributed by atoms with Crippen molar-refractivity contribution in [1.29, 1.82) is 0 Å². The maximum atomic E-state index is 12.8. The van der Waals surface area contributed by atoms with Crippen molar-refractivity contribution in [3.8, 4) is 0 Å². The highest BCUT2D eigenvalue weighted by molar-refractivity contribution is 6.80. The third-order valence-corrected chi connectivity index (χ3v) is 11.0. The third-order valence-electron chi connectivity index (χ3n) is 5.60. The number of aromatic nitrogens is 1. The number of hydrogen-bond acceptors (Lipinski definition) is 3. The number of carbonyl (C=O) groups excluding carboxylic acids is 1. The lowest BCUT2D eigenvalue weighted by Crippen LogP contribution is -2.75. The van der Waals surface area contributed by atoms with Crippen molar-refractivity contribution in [2.75, 3.05) is 0 Å². The topological polar surface area (TPSA) is 70.5 Å². The van der Waals surface area contributed by atoms with Crippen LogP contribution in [0, 0.1) is 5.92 Å². The van der Waals surface area contributed by atoms with Crippen molar-refractivity contribution in [1.82, 2.24) is 9.55 Å². The van der Waals surface area contributed by atoms with Gasteiger partial charge in [-0.05, 0) is 35.6 Å². The molecular formula is C18H28N2O3Si. The van der Waals surface area contributed by atoms with E-state index in [4.69, 9.17) is 0 Å². The van der Waals surface area contributed by atoms with E-state index in [0.717, 1.165) is 17.7 Å². The van der Waals surface area contributed by atoms with E-state index >= 15 is 0 Å². The Morgan fingerprint density at radius 3 is 2.50 bits per heavy atom. The summed E-state index contributed by atoms with van der Waals surface area (Å²) in [6.07, 6.45) is 3.03. The zero-order valence-electron chi connectivity index (χ0n) is 15.5. The summed E-state index contributed by atoms with van der Waals surface area (Å²) in [5.74, 6) is -1.37. The minimum atomic E-state index is -2.20. The number of carboxylic acids is 1. The maximum absolute atomic E-state index is 12.8. The SMILES string of the molecule is CCc1cc(C[C@H]2C(=O)N([Si](C)(C)C(C)(C)C)[C@@H]2C(=O)O)ccn1. The molecule has 24 heavy (non-hydrogen) atoms. The van der Waals surface area contributed by atoms with Crippen LogP contribution in [-0.2, 0) is 22.4 Å². The fraction of sp³-hybridized carbons (Fsp3) is 0.611. The molecule has 1 aliphatic heterocycles. The smallest absolute Gasteiger partial charge is 0.326 e. The lowest BCUT2D eigenvalue weighted by Gasteiger charge is -2.56. The van der Waals surface area contributed by atoms with E-state index < -0.39 is 26.2 Å². The van der Waals surface area contributed by atoms with Crippen LogP contribution in [0.15, 0.2) is 18.3 Å². The molecule has 1 fully saturated rings. The Bertz CT molecular complexity index is 652. The Balaban J connectivity index is 2.27. The number of β-lactam (4-membered cyclic amide) rings is 1. The number of carbonyl (C=O) groups is 2. The second-order valence-electron chi connectivity index (χ2n) is 8.12. The van der Waals surface area contributed by atoms with Gasteiger partial charge in [0.2, 0.25) is 5.91 Å². The third kappa shape index (κ3) is 3.11. The zero-order valence-corrected chi connectivity index (χ0v) is 16.5. The Hall–Kier alpha value is -1.69. The monoisotopic (exact) mass is 348 g/mol. The number of pyridine rings is 1. The molecule has 0 spiro atoms. The van der Waals surface area contributed by atoms with E-state index in [2.05, 4.69) is 38.8 Å². The Morgan fingerprint density at radius 1 is 1.38 bits per heavy atom. The van der Waals surface area contributed by atoms with Crippen LogP contribution in [0.25, 0.3) is 0 Å². The first-order valence-electron chi connectivity index (χ1n) is 8.50. The molecule has 0 aliphatic carbocycles. The number of carboxylic acid groups (broad SMARTS) is 1. The molecule has 2 rings (SSSR count). The van der Waals surface area contributed by atoms with Crippen LogP contribution < -0.4 is 0 Å². The molecule has 0 unspecified atom stereocenters. The van der Waals surface area contributed by atoms with Gasteiger partial charge in [0.25, 0.3) is 0 Å². The highest BCUT2D eigenvalue weighted by Crippen LogP contribution is 2.45.